The second kappa shape index (κ2) is 13.5. The predicted octanol–water partition coefficient (Wildman–Crippen LogP) is 5.99. The molecule has 0 radical (unpaired) electrons. The van der Waals surface area contributed by atoms with E-state index in [-0.39, 0.29) is 11.5 Å². The van der Waals surface area contributed by atoms with Crippen LogP contribution in [-0.4, -0.2) is 17.5 Å². The van der Waals surface area contributed by atoms with Crippen molar-refractivity contribution in [3.05, 3.63) is 35.9 Å². The molecule has 1 rings (SSSR count). The Kier molecular flexibility index (Phi) is 11.5. The number of aryl methyl sites for hydroxylation is 1. The van der Waals surface area contributed by atoms with Gasteiger partial charge in [0.25, 0.3) is 0 Å². The molecule has 0 heterocycles. The highest BCUT2D eigenvalue weighted by atomic mass is 16.5. The molecule has 0 fully saturated rings. The van der Waals surface area contributed by atoms with E-state index in [9.17, 15) is 9.90 Å². The molecule has 0 aliphatic rings. The van der Waals surface area contributed by atoms with Gasteiger partial charge in [0, 0.05) is 6.42 Å². The molecule has 140 valence electrons. The zero-order chi connectivity index (χ0) is 18.3. The summed E-state index contributed by atoms with van der Waals surface area (Å²) in [6.07, 6.45) is 14.2. The number of carbonyl (C=O) groups is 1. The first-order valence-electron chi connectivity index (χ1n) is 9.81. The number of ketones is 1. The quantitative estimate of drug-likeness (QED) is 0.332. The lowest BCUT2D eigenvalue weighted by Crippen LogP contribution is -1.96. The van der Waals surface area contributed by atoms with Gasteiger partial charge in [-0.1, -0.05) is 58.1 Å². The number of hydrogen-bond donors (Lipinski definition) is 1. The first-order valence-corrected chi connectivity index (χ1v) is 9.81. The largest absolute Gasteiger partial charge is 0.504 e. The minimum atomic E-state index is 0.182. The third-order valence-corrected chi connectivity index (χ3v) is 4.17. The molecular formula is C22H34O3. The molecule has 0 atom stereocenters. The Hall–Kier alpha value is -1.77. The van der Waals surface area contributed by atoms with Gasteiger partial charge in [-0.15, -0.1) is 0 Å². The summed E-state index contributed by atoms with van der Waals surface area (Å²) < 4.78 is 5.53. The summed E-state index contributed by atoms with van der Waals surface area (Å²) in [4.78, 5) is 11.8. The minimum Gasteiger partial charge on any atom is -0.504 e. The van der Waals surface area contributed by atoms with Crippen LogP contribution in [0.1, 0.15) is 77.2 Å². The van der Waals surface area contributed by atoms with E-state index >= 15 is 0 Å². The Balaban J connectivity index is 2.25. The summed E-state index contributed by atoms with van der Waals surface area (Å²) in [6.45, 7) is 4.85. The van der Waals surface area contributed by atoms with E-state index in [0.717, 1.165) is 37.7 Å². The molecule has 0 aliphatic heterocycles. The van der Waals surface area contributed by atoms with E-state index in [0.29, 0.717) is 18.8 Å². The molecule has 0 aromatic heterocycles. The third kappa shape index (κ3) is 9.96. The maximum atomic E-state index is 11.8. The number of rotatable bonds is 14. The number of allylic oxidation sites excluding steroid dienone is 2. The van der Waals surface area contributed by atoms with Crippen LogP contribution in [0, 0.1) is 0 Å². The average Bonchev–Trinajstić information content (AvgIpc) is 2.61. The summed E-state index contributed by atoms with van der Waals surface area (Å²) in [5.74, 6) is 0.956. The molecule has 1 N–H and O–H groups in total. The van der Waals surface area contributed by atoms with E-state index in [1.165, 1.54) is 25.7 Å². The van der Waals surface area contributed by atoms with E-state index < -0.39 is 0 Å². The Morgan fingerprint density at radius 3 is 2.60 bits per heavy atom. The van der Waals surface area contributed by atoms with Crippen LogP contribution in [0.2, 0.25) is 0 Å². The summed E-state index contributed by atoms with van der Waals surface area (Å²) >= 11 is 0. The van der Waals surface area contributed by atoms with E-state index in [2.05, 4.69) is 6.92 Å². The predicted molar refractivity (Wildman–Crippen MR) is 104 cm³/mol. The highest BCUT2D eigenvalue weighted by molar-refractivity contribution is 5.89. The normalized spacial score (nSPS) is 11.1. The Labute approximate surface area is 153 Å². The number of benzene rings is 1. The molecule has 25 heavy (non-hydrogen) atoms. The topological polar surface area (TPSA) is 46.5 Å². The Morgan fingerprint density at radius 2 is 1.84 bits per heavy atom. The van der Waals surface area contributed by atoms with Crippen molar-refractivity contribution in [1.29, 1.82) is 0 Å². The van der Waals surface area contributed by atoms with Gasteiger partial charge in [0.1, 0.15) is 0 Å². The lowest BCUT2D eigenvalue weighted by atomic mass is 10.1. The van der Waals surface area contributed by atoms with Crippen molar-refractivity contribution in [3.8, 4) is 11.5 Å². The number of hydrogen-bond acceptors (Lipinski definition) is 3. The molecule has 3 nitrogen and oxygen atoms in total. The molecular weight excluding hydrogens is 312 g/mol. The van der Waals surface area contributed by atoms with Crippen molar-refractivity contribution in [3.63, 3.8) is 0 Å². The monoisotopic (exact) mass is 346 g/mol. The zero-order valence-corrected chi connectivity index (χ0v) is 15.9. The SMILES string of the molecule is CCCCCCCCC(=O)C=CCCc1ccc(O)c(OCCC)c1. The maximum absolute atomic E-state index is 11.8. The van der Waals surface area contributed by atoms with Crippen molar-refractivity contribution in [2.45, 2.75) is 78.1 Å². The van der Waals surface area contributed by atoms with Gasteiger partial charge in [-0.25, -0.2) is 0 Å². The van der Waals surface area contributed by atoms with Crippen molar-refractivity contribution >= 4 is 5.78 Å². The average molecular weight is 347 g/mol. The van der Waals surface area contributed by atoms with Gasteiger partial charge in [0.05, 0.1) is 6.61 Å². The summed E-state index contributed by atoms with van der Waals surface area (Å²) in [5.41, 5.74) is 1.11. The van der Waals surface area contributed by atoms with Crippen molar-refractivity contribution in [1.82, 2.24) is 0 Å². The summed E-state index contributed by atoms with van der Waals surface area (Å²) in [5, 5.41) is 9.77. The van der Waals surface area contributed by atoms with Crippen LogP contribution in [-0.2, 0) is 11.2 Å². The molecule has 0 saturated carbocycles. The van der Waals surface area contributed by atoms with E-state index in [4.69, 9.17) is 4.74 Å². The smallest absolute Gasteiger partial charge is 0.161 e. The molecule has 0 saturated heterocycles. The van der Waals surface area contributed by atoms with Gasteiger partial charge in [-0.3, -0.25) is 4.79 Å². The van der Waals surface area contributed by atoms with Gasteiger partial charge < -0.3 is 9.84 Å². The van der Waals surface area contributed by atoms with Crippen LogP contribution < -0.4 is 4.74 Å². The van der Waals surface area contributed by atoms with Gasteiger partial charge in [-0.05, 0) is 49.5 Å². The molecule has 0 aliphatic carbocycles. The lowest BCUT2D eigenvalue weighted by molar-refractivity contribution is -0.114. The van der Waals surface area contributed by atoms with Gasteiger partial charge in [-0.2, -0.15) is 0 Å². The first-order chi connectivity index (χ1) is 12.2. The second-order valence-corrected chi connectivity index (χ2v) is 6.58. The van der Waals surface area contributed by atoms with Crippen LogP contribution in [0.4, 0.5) is 0 Å². The van der Waals surface area contributed by atoms with Crippen LogP contribution in [0.3, 0.4) is 0 Å². The maximum Gasteiger partial charge on any atom is 0.161 e. The summed E-state index contributed by atoms with van der Waals surface area (Å²) in [7, 11) is 0. The third-order valence-electron chi connectivity index (χ3n) is 4.17. The second-order valence-electron chi connectivity index (χ2n) is 6.58. The number of aromatic hydroxyl groups is 1. The van der Waals surface area contributed by atoms with E-state index in [1.807, 2.05) is 25.1 Å². The van der Waals surface area contributed by atoms with Crippen LogP contribution >= 0.6 is 0 Å². The number of phenolic OH excluding ortho intramolecular Hbond substituents is 1. The van der Waals surface area contributed by atoms with Gasteiger partial charge in [0.2, 0.25) is 0 Å². The molecule has 1 aromatic carbocycles. The fourth-order valence-electron chi connectivity index (χ4n) is 2.67. The highest BCUT2D eigenvalue weighted by Gasteiger charge is 2.03. The van der Waals surface area contributed by atoms with Crippen LogP contribution in [0.5, 0.6) is 11.5 Å². The van der Waals surface area contributed by atoms with Gasteiger partial charge in [0.15, 0.2) is 17.3 Å². The number of unbranched alkanes of at least 4 members (excludes halogenated alkanes) is 5. The van der Waals surface area contributed by atoms with Crippen LogP contribution in [0.15, 0.2) is 30.4 Å². The Morgan fingerprint density at radius 1 is 1.08 bits per heavy atom. The van der Waals surface area contributed by atoms with Crippen molar-refractivity contribution < 1.29 is 14.6 Å². The van der Waals surface area contributed by atoms with Crippen molar-refractivity contribution in [2.24, 2.45) is 0 Å². The highest BCUT2D eigenvalue weighted by Crippen LogP contribution is 2.27. The van der Waals surface area contributed by atoms with E-state index in [1.54, 1.807) is 12.1 Å². The number of carbonyl (C=O) groups excluding carboxylic acids is 1. The standard InChI is InChI=1S/C22H34O3/c1-3-5-6-7-8-9-13-20(23)14-11-10-12-19-15-16-21(24)22(18-19)25-17-4-2/h11,14-16,18,24H,3-10,12-13,17H2,1-2H3. The van der Waals surface area contributed by atoms with Crippen LogP contribution in [0.25, 0.3) is 0 Å². The zero-order valence-electron chi connectivity index (χ0n) is 15.9. The van der Waals surface area contributed by atoms with Crippen molar-refractivity contribution in [2.75, 3.05) is 6.61 Å². The van der Waals surface area contributed by atoms with Gasteiger partial charge >= 0.3 is 0 Å². The number of ether oxygens (including phenoxy) is 1. The number of phenols is 1. The molecule has 0 unspecified atom stereocenters. The molecule has 0 spiro atoms. The fourth-order valence-corrected chi connectivity index (χ4v) is 2.67. The minimum absolute atomic E-state index is 0.182. The molecule has 1 aromatic rings. The fraction of sp³-hybridized carbons (Fsp3) is 0.591. The first kappa shape index (κ1) is 21.3. The lowest BCUT2D eigenvalue weighted by Gasteiger charge is -2.08. The molecule has 3 heteroatoms. The Bertz CT molecular complexity index is 520. The summed E-state index contributed by atoms with van der Waals surface area (Å²) in [6, 6.07) is 5.46. The molecule has 0 bridgehead atoms. The molecule has 0 amide bonds.